The van der Waals surface area contributed by atoms with E-state index in [-0.39, 0.29) is 17.5 Å². The van der Waals surface area contributed by atoms with E-state index < -0.39 is 0 Å². The molecule has 5 heteroatoms. The average Bonchev–Trinajstić information content (AvgIpc) is 3.11. The average molecular weight is 339 g/mol. The molecule has 2 aromatic carbocycles. The molecule has 3 nitrogen and oxygen atoms in total. The maximum atomic E-state index is 13.9. The van der Waals surface area contributed by atoms with Crippen molar-refractivity contribution in [3.63, 3.8) is 0 Å². The van der Waals surface area contributed by atoms with Crippen LogP contribution in [-0.4, -0.2) is 18.2 Å². The van der Waals surface area contributed by atoms with Gasteiger partial charge in [-0.3, -0.25) is 4.79 Å². The van der Waals surface area contributed by atoms with Crippen molar-refractivity contribution >= 4 is 23.4 Å². The van der Waals surface area contributed by atoms with Crippen LogP contribution in [0.3, 0.4) is 0 Å². The van der Waals surface area contributed by atoms with E-state index in [0.29, 0.717) is 17.9 Å². The maximum Gasteiger partial charge on any atom is 0.294 e. The van der Waals surface area contributed by atoms with Crippen molar-refractivity contribution in [2.45, 2.75) is 4.90 Å². The molecule has 1 aromatic heterocycles. The second-order valence-electron chi connectivity index (χ2n) is 5.42. The van der Waals surface area contributed by atoms with Gasteiger partial charge in [-0.1, -0.05) is 24.3 Å². The summed E-state index contributed by atoms with van der Waals surface area (Å²) in [6.07, 6.45) is 0. The highest BCUT2D eigenvalue weighted by Crippen LogP contribution is 2.35. The van der Waals surface area contributed by atoms with Gasteiger partial charge in [0.1, 0.15) is 11.6 Å². The highest BCUT2D eigenvalue weighted by molar-refractivity contribution is 7.99. The van der Waals surface area contributed by atoms with Gasteiger partial charge in [0.15, 0.2) is 5.76 Å². The van der Waals surface area contributed by atoms with Gasteiger partial charge in [-0.15, -0.1) is 11.8 Å². The van der Waals surface area contributed by atoms with Crippen LogP contribution < -0.4 is 4.90 Å². The lowest BCUT2D eigenvalue weighted by Gasteiger charge is -2.28. The van der Waals surface area contributed by atoms with Gasteiger partial charge in [0.05, 0.1) is 11.3 Å². The van der Waals surface area contributed by atoms with Crippen LogP contribution in [0.1, 0.15) is 10.6 Å². The zero-order valence-corrected chi connectivity index (χ0v) is 13.6. The monoisotopic (exact) mass is 339 g/mol. The van der Waals surface area contributed by atoms with Gasteiger partial charge in [0, 0.05) is 17.2 Å². The number of benzene rings is 2. The summed E-state index contributed by atoms with van der Waals surface area (Å²) >= 11 is 1.73. The van der Waals surface area contributed by atoms with Crippen LogP contribution in [0.5, 0.6) is 0 Å². The first-order chi connectivity index (χ1) is 11.7. The summed E-state index contributed by atoms with van der Waals surface area (Å²) in [7, 11) is 0. The van der Waals surface area contributed by atoms with E-state index in [4.69, 9.17) is 4.42 Å². The van der Waals surface area contributed by atoms with E-state index in [0.717, 1.165) is 16.3 Å². The molecule has 24 heavy (non-hydrogen) atoms. The Morgan fingerprint density at radius 1 is 1.04 bits per heavy atom. The summed E-state index contributed by atoms with van der Waals surface area (Å²) < 4.78 is 19.5. The quantitative estimate of drug-likeness (QED) is 0.670. The smallest absolute Gasteiger partial charge is 0.294 e. The lowest BCUT2D eigenvalue weighted by Crippen LogP contribution is -2.35. The number of hydrogen-bond acceptors (Lipinski definition) is 3. The third-order valence-corrected chi connectivity index (χ3v) is 4.97. The summed E-state index contributed by atoms with van der Waals surface area (Å²) in [6, 6.07) is 17.4. The van der Waals surface area contributed by atoms with E-state index in [1.165, 1.54) is 6.07 Å². The number of amides is 1. The Labute approximate surface area is 143 Å². The molecule has 120 valence electrons. The van der Waals surface area contributed by atoms with Gasteiger partial charge in [-0.2, -0.15) is 0 Å². The summed E-state index contributed by atoms with van der Waals surface area (Å²) in [4.78, 5) is 15.6. The Morgan fingerprint density at radius 3 is 2.71 bits per heavy atom. The number of anilines is 1. The summed E-state index contributed by atoms with van der Waals surface area (Å²) in [6.45, 7) is 0.621. The number of halogens is 1. The first kappa shape index (κ1) is 15.0. The second-order valence-corrected chi connectivity index (χ2v) is 6.55. The molecule has 1 aliphatic heterocycles. The van der Waals surface area contributed by atoms with E-state index in [2.05, 4.69) is 0 Å². The SMILES string of the molecule is O=C(c1ccc(-c2ccccc2F)o1)N1CCSc2ccccc21. The van der Waals surface area contributed by atoms with Crippen molar-refractivity contribution in [3.05, 3.63) is 72.2 Å². The van der Waals surface area contributed by atoms with Gasteiger partial charge in [-0.05, 0) is 36.4 Å². The summed E-state index contributed by atoms with van der Waals surface area (Å²) in [5.41, 5.74) is 1.24. The number of nitrogens with zero attached hydrogens (tertiary/aromatic N) is 1. The number of carbonyl (C=O) groups is 1. The van der Waals surface area contributed by atoms with Crippen molar-refractivity contribution < 1.29 is 13.6 Å². The molecule has 0 unspecified atom stereocenters. The fraction of sp³-hybridized carbons (Fsp3) is 0.105. The number of rotatable bonds is 2. The minimum absolute atomic E-state index is 0.203. The van der Waals surface area contributed by atoms with Crippen LogP contribution in [0, 0.1) is 5.82 Å². The van der Waals surface area contributed by atoms with Crippen molar-refractivity contribution in [3.8, 4) is 11.3 Å². The summed E-state index contributed by atoms with van der Waals surface area (Å²) in [5.74, 6) is 0.839. The molecule has 4 rings (SSSR count). The second kappa shape index (κ2) is 6.17. The molecular weight excluding hydrogens is 325 g/mol. The van der Waals surface area contributed by atoms with Gasteiger partial charge in [0.2, 0.25) is 0 Å². The third-order valence-electron chi connectivity index (χ3n) is 3.93. The van der Waals surface area contributed by atoms with Crippen LogP contribution >= 0.6 is 11.8 Å². The van der Waals surface area contributed by atoms with Crippen molar-refractivity contribution in [1.29, 1.82) is 0 Å². The van der Waals surface area contributed by atoms with Crippen molar-refractivity contribution in [1.82, 2.24) is 0 Å². The van der Waals surface area contributed by atoms with Crippen LogP contribution in [0.4, 0.5) is 10.1 Å². The fourth-order valence-electron chi connectivity index (χ4n) is 2.77. The van der Waals surface area contributed by atoms with E-state index >= 15 is 0 Å². The number of fused-ring (bicyclic) bond motifs is 1. The molecule has 0 fully saturated rings. The first-order valence-electron chi connectivity index (χ1n) is 7.62. The Hall–Kier alpha value is -2.53. The van der Waals surface area contributed by atoms with E-state index in [1.54, 1.807) is 47.0 Å². The predicted octanol–water partition coefficient (Wildman–Crippen LogP) is 4.84. The molecule has 0 spiro atoms. The standard InChI is InChI=1S/C19H14FNO2S/c20-14-6-2-1-5-13(14)16-9-10-17(23-16)19(22)21-11-12-24-18-8-4-3-7-15(18)21/h1-10H,11-12H2. The molecule has 0 radical (unpaired) electrons. The Bertz CT molecular complexity index is 906. The molecular formula is C19H14FNO2S. The Kier molecular flexibility index (Phi) is 3.86. The van der Waals surface area contributed by atoms with E-state index in [1.807, 2.05) is 24.3 Å². The number of furan rings is 1. The van der Waals surface area contributed by atoms with Crippen LogP contribution in [-0.2, 0) is 0 Å². The molecule has 0 bridgehead atoms. The number of carbonyl (C=O) groups excluding carboxylic acids is 1. The number of thioether (sulfide) groups is 1. The minimum atomic E-state index is -0.370. The van der Waals surface area contributed by atoms with Crippen LogP contribution in [0.15, 0.2) is 70.0 Å². The minimum Gasteiger partial charge on any atom is -0.451 e. The molecule has 1 aliphatic rings. The van der Waals surface area contributed by atoms with E-state index in [9.17, 15) is 9.18 Å². The molecule has 0 aliphatic carbocycles. The molecule has 2 heterocycles. The Balaban J connectivity index is 1.66. The molecule has 0 atom stereocenters. The normalized spacial score (nSPS) is 13.6. The third kappa shape index (κ3) is 2.61. The first-order valence-corrected chi connectivity index (χ1v) is 8.61. The molecule has 1 amide bonds. The van der Waals surface area contributed by atoms with Gasteiger partial charge in [-0.25, -0.2) is 4.39 Å². The highest BCUT2D eigenvalue weighted by Gasteiger charge is 2.26. The molecule has 3 aromatic rings. The van der Waals surface area contributed by atoms with Crippen LogP contribution in [0.2, 0.25) is 0 Å². The van der Waals surface area contributed by atoms with Gasteiger partial charge >= 0.3 is 0 Å². The van der Waals surface area contributed by atoms with Crippen molar-refractivity contribution in [2.24, 2.45) is 0 Å². The molecule has 0 saturated carbocycles. The number of para-hydroxylation sites is 1. The zero-order chi connectivity index (χ0) is 16.5. The topological polar surface area (TPSA) is 33.5 Å². The molecule has 0 N–H and O–H groups in total. The Morgan fingerprint density at radius 2 is 1.83 bits per heavy atom. The van der Waals surface area contributed by atoms with Gasteiger partial charge < -0.3 is 9.32 Å². The lowest BCUT2D eigenvalue weighted by atomic mass is 10.1. The zero-order valence-electron chi connectivity index (χ0n) is 12.7. The van der Waals surface area contributed by atoms with Gasteiger partial charge in [0.25, 0.3) is 5.91 Å². The summed E-state index contributed by atoms with van der Waals surface area (Å²) in [5, 5.41) is 0. The highest BCUT2D eigenvalue weighted by atomic mass is 32.2. The molecule has 0 saturated heterocycles. The lowest BCUT2D eigenvalue weighted by molar-refractivity contribution is 0.0962. The predicted molar refractivity (Wildman–Crippen MR) is 92.9 cm³/mol. The van der Waals surface area contributed by atoms with Crippen molar-refractivity contribution in [2.75, 3.05) is 17.2 Å². The maximum absolute atomic E-state index is 13.9. The number of hydrogen-bond donors (Lipinski definition) is 0. The fourth-order valence-corrected chi connectivity index (χ4v) is 3.77. The largest absolute Gasteiger partial charge is 0.451 e. The van der Waals surface area contributed by atoms with Crippen LogP contribution in [0.25, 0.3) is 11.3 Å².